The highest BCUT2D eigenvalue weighted by Crippen LogP contribution is 2.40. The molecule has 0 saturated carbocycles. The first-order valence-corrected chi connectivity index (χ1v) is 17.6. The van der Waals surface area contributed by atoms with E-state index in [0.717, 1.165) is 6.42 Å². The number of amides is 2. The second-order valence-corrected chi connectivity index (χ2v) is 13.0. The van der Waals surface area contributed by atoms with Gasteiger partial charge in [0, 0.05) is 75.8 Å². The van der Waals surface area contributed by atoms with Gasteiger partial charge in [-0.1, -0.05) is 32.4 Å². The zero-order valence-corrected chi connectivity index (χ0v) is 30.0. The maximum Gasteiger partial charge on any atom is 0.228 e. The van der Waals surface area contributed by atoms with Gasteiger partial charge in [-0.3, -0.25) is 24.0 Å². The van der Waals surface area contributed by atoms with E-state index in [1.807, 2.05) is 19.1 Å². The van der Waals surface area contributed by atoms with Gasteiger partial charge in [-0.2, -0.15) is 5.26 Å². The van der Waals surface area contributed by atoms with E-state index in [1.165, 1.54) is 11.9 Å². The molecule has 13 heteroatoms. The Bertz CT molecular complexity index is 1590. The predicted molar refractivity (Wildman–Crippen MR) is 192 cm³/mol. The van der Waals surface area contributed by atoms with Crippen molar-refractivity contribution in [1.29, 1.82) is 5.26 Å². The van der Waals surface area contributed by atoms with Crippen LogP contribution in [0.25, 0.3) is 11.1 Å². The first kappa shape index (κ1) is 40.8. The second-order valence-electron chi connectivity index (χ2n) is 13.0. The van der Waals surface area contributed by atoms with Crippen LogP contribution >= 0.6 is 0 Å². The lowest BCUT2D eigenvalue weighted by molar-refractivity contribution is -0.143. The highest BCUT2D eigenvalue weighted by atomic mass is 16.5. The number of nitrogens with one attached hydrogen (secondary N) is 1. The zero-order chi connectivity index (χ0) is 37.5. The van der Waals surface area contributed by atoms with E-state index in [2.05, 4.69) is 5.32 Å². The van der Waals surface area contributed by atoms with E-state index in [1.54, 1.807) is 37.3 Å². The van der Waals surface area contributed by atoms with Gasteiger partial charge in [-0.25, -0.2) is 0 Å². The number of carbonyl (C=O) groups excluding carboxylic acids is 5. The molecular weight excluding hydrogens is 652 g/mol. The van der Waals surface area contributed by atoms with Crippen LogP contribution in [0.3, 0.4) is 0 Å². The van der Waals surface area contributed by atoms with Crippen molar-refractivity contribution in [3.05, 3.63) is 47.5 Å². The van der Waals surface area contributed by atoms with Gasteiger partial charge in [-0.05, 0) is 48.2 Å². The molecule has 2 aromatic carbocycles. The van der Waals surface area contributed by atoms with Crippen LogP contribution in [0.1, 0.15) is 76.0 Å². The van der Waals surface area contributed by atoms with Crippen molar-refractivity contribution in [1.82, 2.24) is 10.2 Å². The van der Waals surface area contributed by atoms with E-state index >= 15 is 0 Å². The van der Waals surface area contributed by atoms with Crippen LogP contribution in [0.5, 0.6) is 11.5 Å². The summed E-state index contributed by atoms with van der Waals surface area (Å²) in [7, 11) is 1.50. The van der Waals surface area contributed by atoms with E-state index in [9.17, 15) is 24.0 Å². The van der Waals surface area contributed by atoms with E-state index in [0.29, 0.717) is 46.6 Å². The smallest absolute Gasteiger partial charge is 0.228 e. The molecule has 1 aliphatic rings. The minimum atomic E-state index is -1.16. The van der Waals surface area contributed by atoms with Crippen molar-refractivity contribution in [2.75, 3.05) is 39.9 Å². The Morgan fingerprint density at radius 2 is 1.63 bits per heavy atom. The third-order valence-electron chi connectivity index (χ3n) is 8.94. The van der Waals surface area contributed by atoms with Gasteiger partial charge in [0.15, 0.2) is 11.6 Å². The lowest BCUT2D eigenvalue weighted by Crippen LogP contribution is -2.46. The van der Waals surface area contributed by atoms with Gasteiger partial charge in [-0.15, -0.1) is 0 Å². The number of carbonyl (C=O) groups is 5. The van der Waals surface area contributed by atoms with Crippen LogP contribution in [0.2, 0.25) is 0 Å². The SMILES string of the molecule is CCCCC(=O)C[C@@H](CN)C(=O)N(C)[C@@H]1C(=O)C[C@@H](C)C(=O)N[C@H](C(=O)CCC#N)Cc2ccc(OCCN)c(c2)-c2cc1ccc2OCCN. The molecule has 0 fully saturated rings. The molecule has 13 nitrogen and oxygen atoms in total. The molecular formula is C38H52N6O7. The lowest BCUT2D eigenvalue weighted by atomic mass is 9.88. The standard InChI is InChI=1S/C38H52N6O7/c1-4-5-7-28(45)21-27(23-42)38(49)44(3)36-26-10-12-35(51-17-15-41)30(22-26)29-19-25(9-11-34(29)50-16-14-40)20-31(32(46)8-6-13-39)43-37(48)24(2)18-33(36)47/h9-12,19,22,24,27,31,36H,4-8,14-18,20-21,23,40-42H2,1-3H3,(H,43,48)/t24-,27+,31+,36+/m1/s1. The van der Waals surface area contributed by atoms with Gasteiger partial charge >= 0.3 is 0 Å². The summed E-state index contributed by atoms with van der Waals surface area (Å²) in [4.78, 5) is 69.1. The van der Waals surface area contributed by atoms with Crippen LogP contribution in [0.15, 0.2) is 36.4 Å². The molecule has 0 aliphatic carbocycles. The second kappa shape index (κ2) is 20.3. The molecule has 51 heavy (non-hydrogen) atoms. The van der Waals surface area contributed by atoms with Gasteiger partial charge in [0.25, 0.3) is 0 Å². The lowest BCUT2D eigenvalue weighted by Gasteiger charge is -2.32. The highest BCUT2D eigenvalue weighted by molar-refractivity contribution is 5.96. The summed E-state index contributed by atoms with van der Waals surface area (Å²) in [6, 6.07) is 10.3. The monoisotopic (exact) mass is 704 g/mol. The van der Waals surface area contributed by atoms with Crippen molar-refractivity contribution in [3.63, 3.8) is 0 Å². The van der Waals surface area contributed by atoms with E-state index in [-0.39, 0.29) is 76.5 Å². The number of hydrogen-bond acceptors (Lipinski definition) is 11. The Kier molecular flexibility index (Phi) is 16.2. The van der Waals surface area contributed by atoms with Crippen molar-refractivity contribution < 1.29 is 33.4 Å². The third kappa shape index (κ3) is 11.2. The number of likely N-dealkylation sites (N-methyl/N-ethyl adjacent to an activating group) is 1. The molecule has 0 unspecified atom stereocenters. The summed E-state index contributed by atoms with van der Waals surface area (Å²) < 4.78 is 12.1. The number of rotatable bonds is 17. The number of fused-ring (bicyclic) bond motifs is 5. The predicted octanol–water partition coefficient (Wildman–Crippen LogP) is 2.76. The van der Waals surface area contributed by atoms with Gasteiger partial charge in [0.05, 0.1) is 18.0 Å². The van der Waals surface area contributed by atoms with E-state index < -0.39 is 41.5 Å². The number of hydrogen-bond donors (Lipinski definition) is 4. The Balaban J connectivity index is 2.26. The number of nitrogens with two attached hydrogens (primary N) is 3. The van der Waals surface area contributed by atoms with E-state index in [4.69, 9.17) is 31.9 Å². The molecule has 0 aromatic heterocycles. The molecule has 4 bridgehead atoms. The molecule has 0 saturated heterocycles. The first-order chi connectivity index (χ1) is 24.5. The van der Waals surface area contributed by atoms with Gasteiger partial charge in [0.1, 0.15) is 36.5 Å². The molecule has 7 N–H and O–H groups in total. The number of ether oxygens (including phenoxy) is 2. The summed E-state index contributed by atoms with van der Waals surface area (Å²) in [5.41, 5.74) is 19.8. The Morgan fingerprint density at radius 1 is 0.980 bits per heavy atom. The number of benzene rings is 2. The molecule has 0 spiro atoms. The molecule has 0 radical (unpaired) electrons. The zero-order valence-electron chi connectivity index (χ0n) is 30.0. The number of nitriles is 1. The van der Waals surface area contributed by atoms with Crippen LogP contribution in [-0.4, -0.2) is 80.0 Å². The quantitative estimate of drug-likeness (QED) is 0.187. The first-order valence-electron chi connectivity index (χ1n) is 17.6. The van der Waals surface area contributed by atoms with Crippen molar-refractivity contribution in [3.8, 4) is 28.7 Å². The molecule has 276 valence electrons. The van der Waals surface area contributed by atoms with Crippen molar-refractivity contribution in [2.24, 2.45) is 29.0 Å². The number of Topliss-reactive ketones (excluding diaryl/α,β-unsaturated/α-hetero) is 3. The molecule has 4 atom stereocenters. The largest absolute Gasteiger partial charge is 0.492 e. The third-order valence-corrected chi connectivity index (χ3v) is 8.94. The summed E-state index contributed by atoms with van der Waals surface area (Å²) in [6.07, 6.45) is 1.61. The molecule has 2 aromatic rings. The molecule has 3 rings (SSSR count). The van der Waals surface area contributed by atoms with Gasteiger partial charge < -0.3 is 36.9 Å². The van der Waals surface area contributed by atoms with Crippen LogP contribution in [0.4, 0.5) is 0 Å². The minimum Gasteiger partial charge on any atom is -0.492 e. The van der Waals surface area contributed by atoms with Crippen LogP contribution in [0, 0.1) is 23.2 Å². The topological polar surface area (TPSA) is 221 Å². The summed E-state index contributed by atoms with van der Waals surface area (Å²) >= 11 is 0. The molecule has 1 aliphatic heterocycles. The van der Waals surface area contributed by atoms with Crippen molar-refractivity contribution >= 4 is 29.2 Å². The molecule has 1 heterocycles. The Morgan fingerprint density at radius 3 is 2.24 bits per heavy atom. The molecule has 2 amide bonds. The summed E-state index contributed by atoms with van der Waals surface area (Å²) in [5, 5.41) is 11.9. The average molecular weight is 705 g/mol. The average Bonchev–Trinajstić information content (AvgIpc) is 3.12. The Labute approximate surface area is 300 Å². The van der Waals surface area contributed by atoms with Crippen LogP contribution < -0.4 is 32.0 Å². The fourth-order valence-corrected chi connectivity index (χ4v) is 6.15. The number of ketones is 3. The number of unbranched alkanes of at least 4 members (excludes halogenated alkanes) is 1. The Hall–Kier alpha value is -4.64. The fraction of sp³-hybridized carbons (Fsp3) is 0.526. The van der Waals surface area contributed by atoms with Crippen molar-refractivity contribution in [2.45, 2.75) is 77.3 Å². The maximum atomic E-state index is 14.3. The highest BCUT2D eigenvalue weighted by Gasteiger charge is 2.35. The maximum absolute atomic E-state index is 14.3. The fourth-order valence-electron chi connectivity index (χ4n) is 6.15. The summed E-state index contributed by atoms with van der Waals surface area (Å²) in [5.74, 6) is -2.63. The minimum absolute atomic E-state index is 0.0129. The number of nitrogens with zero attached hydrogens (tertiary/aromatic N) is 2. The summed E-state index contributed by atoms with van der Waals surface area (Å²) in [6.45, 7) is 4.33. The normalized spacial score (nSPS) is 18.1. The van der Waals surface area contributed by atoms with Gasteiger partial charge in [0.2, 0.25) is 11.8 Å². The van der Waals surface area contributed by atoms with Crippen LogP contribution in [-0.2, 0) is 30.4 Å².